The molecule has 0 heterocycles. The Hall–Kier alpha value is -3.57. The minimum Gasteiger partial charge on any atom is -0.507 e. The van der Waals surface area contributed by atoms with Crippen molar-refractivity contribution in [2.24, 2.45) is 23.5 Å². The second-order valence-electron chi connectivity index (χ2n) is 11.7. The van der Waals surface area contributed by atoms with Crippen molar-refractivity contribution in [3.8, 4) is 16.9 Å². The first-order chi connectivity index (χ1) is 18.8. The molecule has 0 aliphatic heterocycles. The van der Waals surface area contributed by atoms with Gasteiger partial charge in [-0.2, -0.15) is 0 Å². The van der Waals surface area contributed by atoms with Crippen LogP contribution in [0.4, 0.5) is 0 Å². The number of fused-ring (bicyclic) bond motifs is 3. The number of aliphatic hydroxyl groups excluding tert-OH is 2. The fraction of sp³-hybridized carbons (Fsp3) is 0.433. The van der Waals surface area contributed by atoms with Gasteiger partial charge in [0.1, 0.15) is 17.4 Å². The molecule has 5 rings (SSSR count). The van der Waals surface area contributed by atoms with Gasteiger partial charge >= 0.3 is 0 Å². The predicted octanol–water partition coefficient (Wildman–Crippen LogP) is 0.858. The molecule has 2 aromatic rings. The molecular weight excluding hydrogens is 514 g/mol. The van der Waals surface area contributed by atoms with E-state index in [1.807, 2.05) is 38.4 Å². The van der Waals surface area contributed by atoms with Gasteiger partial charge < -0.3 is 36.0 Å². The van der Waals surface area contributed by atoms with Gasteiger partial charge in [-0.05, 0) is 75.3 Å². The van der Waals surface area contributed by atoms with Crippen LogP contribution in [0.3, 0.4) is 0 Å². The van der Waals surface area contributed by atoms with E-state index in [-0.39, 0.29) is 29.7 Å². The molecule has 2 aromatic carbocycles. The second kappa shape index (κ2) is 9.81. The van der Waals surface area contributed by atoms with E-state index in [4.69, 9.17) is 5.73 Å². The van der Waals surface area contributed by atoms with Gasteiger partial charge in [0.25, 0.3) is 0 Å². The summed E-state index contributed by atoms with van der Waals surface area (Å²) < 4.78 is 0. The number of carbonyl (C=O) groups excluding carboxylic acids is 3. The highest BCUT2D eigenvalue weighted by Gasteiger charge is 2.67. The Morgan fingerprint density at radius 3 is 2.27 bits per heavy atom. The normalized spacial score (nSPS) is 29.9. The van der Waals surface area contributed by atoms with Gasteiger partial charge in [0.2, 0.25) is 11.7 Å². The van der Waals surface area contributed by atoms with Crippen LogP contribution in [0.15, 0.2) is 42.0 Å². The first kappa shape index (κ1) is 28.0. The summed E-state index contributed by atoms with van der Waals surface area (Å²) in [6.45, 7) is 0.767. The molecule has 2 unspecified atom stereocenters. The van der Waals surface area contributed by atoms with Crippen LogP contribution in [0.2, 0.25) is 0 Å². The molecule has 0 radical (unpaired) electrons. The third kappa shape index (κ3) is 4.05. The fourth-order valence-electron chi connectivity index (χ4n) is 7.03. The number of phenolic OH excluding ortho intramolecular Hbond substituents is 1. The molecule has 3 aliphatic carbocycles. The van der Waals surface area contributed by atoms with Crippen molar-refractivity contribution >= 4 is 23.2 Å². The SMILES string of the molecule is CN(C)Cc1ccc(-c2ccc(O)c3c2C[C@@H]2C[C@@H]4[C@@H](N(C)C)C(O)C(C(N)=O)C(=O)[C@]4(O)C(=O)C2=C3O)cc1. The maximum absolute atomic E-state index is 14.0. The van der Waals surface area contributed by atoms with E-state index in [0.717, 1.165) is 23.2 Å². The van der Waals surface area contributed by atoms with Crippen LogP contribution in [0.25, 0.3) is 16.9 Å². The highest BCUT2D eigenvalue weighted by Crippen LogP contribution is 2.53. The lowest BCUT2D eigenvalue weighted by Crippen LogP contribution is -2.73. The molecule has 1 amide bonds. The quantitative estimate of drug-likeness (QED) is 0.340. The summed E-state index contributed by atoms with van der Waals surface area (Å²) in [6.07, 6.45) is -1.19. The summed E-state index contributed by atoms with van der Waals surface area (Å²) in [5, 5.41) is 45.0. The molecule has 2 fully saturated rings. The Morgan fingerprint density at radius 2 is 1.70 bits per heavy atom. The molecule has 6 N–H and O–H groups in total. The summed E-state index contributed by atoms with van der Waals surface area (Å²) >= 11 is 0. The van der Waals surface area contributed by atoms with Crippen molar-refractivity contribution in [2.75, 3.05) is 28.2 Å². The monoisotopic (exact) mass is 549 g/mol. The Kier molecular flexibility index (Phi) is 6.86. The minimum absolute atomic E-state index is 0.0784. The molecule has 10 heteroatoms. The number of likely N-dealkylation sites (N-methyl/N-ethyl adjacent to an activating group) is 1. The highest BCUT2D eigenvalue weighted by atomic mass is 16.3. The van der Waals surface area contributed by atoms with Crippen LogP contribution in [0, 0.1) is 17.8 Å². The number of nitrogens with zero attached hydrogens (tertiary/aromatic N) is 2. The van der Waals surface area contributed by atoms with E-state index in [1.165, 1.54) is 6.07 Å². The lowest BCUT2D eigenvalue weighted by atomic mass is 9.54. The number of rotatable bonds is 5. The topological polar surface area (TPSA) is 165 Å². The van der Waals surface area contributed by atoms with Gasteiger partial charge in [-0.15, -0.1) is 0 Å². The number of phenols is 1. The number of ketones is 2. The largest absolute Gasteiger partial charge is 0.507 e. The fourth-order valence-corrected chi connectivity index (χ4v) is 7.03. The number of carbonyl (C=O) groups is 3. The van der Waals surface area contributed by atoms with E-state index in [1.54, 1.807) is 25.1 Å². The number of Topliss-reactive ketones (excluding diaryl/α,β-unsaturated/α-hetero) is 2. The van der Waals surface area contributed by atoms with Gasteiger partial charge in [-0.25, -0.2) is 0 Å². The maximum Gasteiger partial charge on any atom is 0.230 e. The molecule has 0 saturated heterocycles. The summed E-state index contributed by atoms with van der Waals surface area (Å²) in [5.74, 6) is -7.51. The zero-order chi connectivity index (χ0) is 29.3. The Bertz CT molecular complexity index is 1430. The molecule has 10 nitrogen and oxygen atoms in total. The Morgan fingerprint density at radius 1 is 1.05 bits per heavy atom. The van der Waals surface area contributed by atoms with Crippen LogP contribution in [-0.2, 0) is 27.3 Å². The van der Waals surface area contributed by atoms with Crippen LogP contribution in [-0.4, -0.2) is 93.6 Å². The van der Waals surface area contributed by atoms with Gasteiger partial charge in [0.05, 0.1) is 11.7 Å². The number of nitrogens with two attached hydrogens (primary N) is 1. The maximum atomic E-state index is 14.0. The second-order valence-corrected chi connectivity index (χ2v) is 11.7. The highest BCUT2D eigenvalue weighted by molar-refractivity contribution is 6.25. The van der Waals surface area contributed by atoms with Gasteiger partial charge in [0, 0.05) is 24.1 Å². The van der Waals surface area contributed by atoms with Crippen LogP contribution >= 0.6 is 0 Å². The third-order valence-corrected chi connectivity index (χ3v) is 8.74. The molecule has 0 spiro atoms. The number of hydrogen-bond acceptors (Lipinski definition) is 9. The Balaban J connectivity index is 1.64. The molecule has 0 bridgehead atoms. The lowest BCUT2D eigenvalue weighted by molar-refractivity contribution is -0.184. The smallest absolute Gasteiger partial charge is 0.230 e. The average Bonchev–Trinajstić information content (AvgIpc) is 2.86. The van der Waals surface area contributed by atoms with Crippen LogP contribution in [0.5, 0.6) is 5.75 Å². The molecule has 2 saturated carbocycles. The summed E-state index contributed by atoms with van der Waals surface area (Å²) in [7, 11) is 7.22. The molecule has 3 aliphatic rings. The summed E-state index contributed by atoms with van der Waals surface area (Å²) in [5.41, 5.74) is 6.09. The number of primary amides is 1. The van der Waals surface area contributed by atoms with Crippen molar-refractivity contribution in [2.45, 2.75) is 37.1 Å². The van der Waals surface area contributed by atoms with Gasteiger partial charge in [0.15, 0.2) is 11.4 Å². The van der Waals surface area contributed by atoms with Crippen LogP contribution in [0.1, 0.15) is 23.1 Å². The first-order valence-electron chi connectivity index (χ1n) is 13.3. The molecular formula is C30H35N3O7. The standard InChI is InChI=1S/C30H35N3O7/c1-32(2)13-14-5-7-15(8-6-14)17-9-10-20(34)22-18(17)11-16-12-19-24(33(3)4)26(36)23(29(31)39)28(38)30(19,40)27(37)21(16)25(22)35/h5-10,16,19,23-24,26,34-36,40H,11-13H2,1-4H3,(H2,31,39)/t16-,19-,23?,24-,26?,30-/m1/s1. The number of aromatic hydroxyl groups is 1. The van der Waals surface area contributed by atoms with E-state index >= 15 is 0 Å². The number of aliphatic hydroxyl groups is 3. The van der Waals surface area contributed by atoms with E-state index in [2.05, 4.69) is 4.90 Å². The van der Waals surface area contributed by atoms with E-state index < -0.39 is 58.7 Å². The van der Waals surface area contributed by atoms with E-state index in [0.29, 0.717) is 5.56 Å². The predicted molar refractivity (Wildman–Crippen MR) is 147 cm³/mol. The zero-order valence-electron chi connectivity index (χ0n) is 23.0. The number of hydrogen-bond donors (Lipinski definition) is 5. The number of amides is 1. The molecule has 40 heavy (non-hydrogen) atoms. The van der Waals surface area contributed by atoms with Gasteiger partial charge in [-0.3, -0.25) is 14.4 Å². The summed E-state index contributed by atoms with van der Waals surface area (Å²) in [6, 6.07) is 10.2. The van der Waals surface area contributed by atoms with Crippen molar-refractivity contribution in [3.63, 3.8) is 0 Å². The number of benzene rings is 2. The first-order valence-corrected chi connectivity index (χ1v) is 13.3. The molecule has 212 valence electrons. The zero-order valence-corrected chi connectivity index (χ0v) is 23.0. The third-order valence-electron chi connectivity index (χ3n) is 8.74. The molecule has 6 atom stereocenters. The van der Waals surface area contributed by atoms with Crippen molar-refractivity contribution in [1.82, 2.24) is 9.80 Å². The average molecular weight is 550 g/mol. The van der Waals surface area contributed by atoms with Crippen LogP contribution < -0.4 is 5.73 Å². The minimum atomic E-state index is -2.67. The summed E-state index contributed by atoms with van der Waals surface area (Å²) in [4.78, 5) is 43.2. The van der Waals surface area contributed by atoms with Crippen molar-refractivity contribution in [1.29, 1.82) is 0 Å². The Labute approximate surface area is 232 Å². The van der Waals surface area contributed by atoms with Gasteiger partial charge in [-0.1, -0.05) is 30.3 Å². The van der Waals surface area contributed by atoms with Crippen molar-refractivity contribution in [3.05, 3.63) is 58.7 Å². The van der Waals surface area contributed by atoms with Crippen molar-refractivity contribution < 1.29 is 34.8 Å². The molecule has 0 aromatic heterocycles. The van der Waals surface area contributed by atoms with E-state index in [9.17, 15) is 34.8 Å². The lowest BCUT2D eigenvalue weighted by Gasteiger charge is -2.53.